The van der Waals surface area contributed by atoms with Crippen LogP contribution in [0.25, 0.3) is 27.6 Å². The van der Waals surface area contributed by atoms with Crippen LogP contribution in [0, 0.1) is 25.2 Å². The van der Waals surface area contributed by atoms with Crippen molar-refractivity contribution >= 4 is 39.2 Å². The average molecular weight is 483 g/mol. The zero-order valence-corrected chi connectivity index (χ0v) is 20.8. The Balaban J connectivity index is 1.52. The summed E-state index contributed by atoms with van der Waals surface area (Å²) in [7, 11) is 0. The molecule has 4 nitrogen and oxygen atoms in total. The predicted molar refractivity (Wildman–Crippen MR) is 150 cm³/mol. The van der Waals surface area contributed by atoms with E-state index >= 15 is 0 Å². The molecule has 0 heterocycles. The highest BCUT2D eigenvalue weighted by Crippen LogP contribution is 2.32. The first-order valence-corrected chi connectivity index (χ1v) is 12.1. The van der Waals surface area contributed by atoms with Gasteiger partial charge in [0.2, 0.25) is 0 Å². The number of anilines is 1. The summed E-state index contributed by atoms with van der Waals surface area (Å²) in [5.41, 5.74) is 4.42. The van der Waals surface area contributed by atoms with Gasteiger partial charge >= 0.3 is 0 Å². The highest BCUT2D eigenvalue weighted by atomic mass is 16.5. The third kappa shape index (κ3) is 5.07. The van der Waals surface area contributed by atoms with Crippen LogP contribution in [0.5, 0.6) is 5.75 Å². The molecule has 37 heavy (non-hydrogen) atoms. The molecule has 0 atom stereocenters. The molecule has 0 unspecified atom stereocenters. The van der Waals surface area contributed by atoms with Gasteiger partial charge in [0, 0.05) is 11.3 Å². The van der Waals surface area contributed by atoms with Gasteiger partial charge in [-0.15, -0.1) is 0 Å². The van der Waals surface area contributed by atoms with Gasteiger partial charge in [0.05, 0.1) is 0 Å². The van der Waals surface area contributed by atoms with Gasteiger partial charge in [0.15, 0.2) is 0 Å². The molecule has 5 aromatic rings. The number of fused-ring (bicyclic) bond motifs is 2. The van der Waals surface area contributed by atoms with Crippen LogP contribution in [0.1, 0.15) is 22.3 Å². The van der Waals surface area contributed by atoms with E-state index in [4.69, 9.17) is 4.74 Å². The van der Waals surface area contributed by atoms with Crippen molar-refractivity contribution in [2.45, 2.75) is 20.5 Å². The Morgan fingerprint density at radius 3 is 2.35 bits per heavy atom. The minimum Gasteiger partial charge on any atom is -0.488 e. The van der Waals surface area contributed by atoms with Gasteiger partial charge in [-0.05, 0) is 70.3 Å². The number of hydrogen-bond acceptors (Lipinski definition) is 3. The van der Waals surface area contributed by atoms with Crippen LogP contribution < -0.4 is 10.1 Å². The standard InChI is InChI=1S/C33H26N2O2/c1-22-14-15-23(2)31(18-22)35-33(36)27(20-34)19-30-29-13-6-4-9-25(29)16-17-32(30)37-21-26-11-7-10-24-8-3-5-12-28(24)26/h3-19H,21H2,1-2H3,(H,35,36)/b27-19+. The lowest BCUT2D eigenvalue weighted by atomic mass is 10.0. The van der Waals surface area contributed by atoms with Gasteiger partial charge in [-0.25, -0.2) is 0 Å². The molecule has 1 amide bonds. The Labute approximate surface area is 216 Å². The molecule has 0 radical (unpaired) electrons. The van der Waals surface area contributed by atoms with E-state index in [0.717, 1.165) is 38.2 Å². The summed E-state index contributed by atoms with van der Waals surface area (Å²) in [6, 6.07) is 34.1. The Bertz CT molecular complexity index is 1700. The lowest BCUT2D eigenvalue weighted by Gasteiger charge is -2.14. The van der Waals surface area contributed by atoms with Crippen LogP contribution in [-0.4, -0.2) is 5.91 Å². The quantitative estimate of drug-likeness (QED) is 0.199. The molecule has 0 aliphatic carbocycles. The lowest BCUT2D eigenvalue weighted by Crippen LogP contribution is -2.14. The maximum atomic E-state index is 13.1. The van der Waals surface area contributed by atoms with E-state index in [1.165, 1.54) is 0 Å². The second kappa shape index (κ2) is 10.4. The number of aryl methyl sites for hydroxylation is 2. The number of carbonyl (C=O) groups excluding carboxylic acids is 1. The molecule has 0 aliphatic heterocycles. The van der Waals surface area contributed by atoms with Crippen molar-refractivity contribution in [2.75, 3.05) is 5.32 Å². The lowest BCUT2D eigenvalue weighted by molar-refractivity contribution is -0.112. The van der Waals surface area contributed by atoms with E-state index in [9.17, 15) is 10.1 Å². The Morgan fingerprint density at radius 2 is 1.57 bits per heavy atom. The van der Waals surface area contributed by atoms with Gasteiger partial charge in [-0.1, -0.05) is 84.9 Å². The largest absolute Gasteiger partial charge is 0.488 e. The molecule has 0 saturated heterocycles. The van der Waals surface area contributed by atoms with Crippen LogP contribution in [0.4, 0.5) is 5.69 Å². The maximum absolute atomic E-state index is 13.1. The number of nitrogens with zero attached hydrogens (tertiary/aromatic N) is 1. The number of nitrogens with one attached hydrogen (secondary N) is 1. The number of benzene rings is 5. The third-order valence-electron chi connectivity index (χ3n) is 6.49. The number of rotatable bonds is 6. The Morgan fingerprint density at radius 1 is 0.865 bits per heavy atom. The molecular weight excluding hydrogens is 456 g/mol. The fraction of sp³-hybridized carbons (Fsp3) is 0.0909. The van der Waals surface area contributed by atoms with E-state index in [2.05, 4.69) is 35.7 Å². The van der Waals surface area contributed by atoms with Crippen LogP contribution in [-0.2, 0) is 11.4 Å². The van der Waals surface area contributed by atoms with Gasteiger partial charge < -0.3 is 10.1 Å². The highest BCUT2D eigenvalue weighted by molar-refractivity contribution is 6.11. The van der Waals surface area contributed by atoms with E-state index in [0.29, 0.717) is 23.6 Å². The van der Waals surface area contributed by atoms with Gasteiger partial charge in [0.1, 0.15) is 24.0 Å². The monoisotopic (exact) mass is 482 g/mol. The molecule has 5 aromatic carbocycles. The zero-order valence-electron chi connectivity index (χ0n) is 20.8. The Hall–Kier alpha value is -4.88. The molecular formula is C33H26N2O2. The minimum absolute atomic E-state index is 0.00673. The zero-order chi connectivity index (χ0) is 25.8. The fourth-order valence-electron chi connectivity index (χ4n) is 4.48. The summed E-state index contributed by atoms with van der Waals surface area (Å²) in [4.78, 5) is 13.1. The van der Waals surface area contributed by atoms with Crippen molar-refractivity contribution in [3.8, 4) is 11.8 Å². The van der Waals surface area contributed by atoms with Crippen LogP contribution in [0.15, 0.2) is 103 Å². The summed E-state index contributed by atoms with van der Waals surface area (Å²) in [6.45, 7) is 4.25. The molecule has 0 saturated carbocycles. The number of carbonyl (C=O) groups is 1. The summed E-state index contributed by atoms with van der Waals surface area (Å²) in [5.74, 6) is 0.156. The third-order valence-corrected chi connectivity index (χ3v) is 6.49. The van der Waals surface area contributed by atoms with Crippen LogP contribution >= 0.6 is 0 Å². The number of ether oxygens (including phenoxy) is 1. The molecule has 180 valence electrons. The smallest absolute Gasteiger partial charge is 0.266 e. The fourth-order valence-corrected chi connectivity index (χ4v) is 4.48. The summed E-state index contributed by atoms with van der Waals surface area (Å²) in [6.07, 6.45) is 1.63. The predicted octanol–water partition coefficient (Wildman–Crippen LogP) is 7.73. The second-order valence-corrected chi connectivity index (χ2v) is 9.07. The maximum Gasteiger partial charge on any atom is 0.266 e. The molecule has 4 heteroatoms. The SMILES string of the molecule is Cc1ccc(C)c(NC(=O)/C(C#N)=C/c2c(OCc3cccc4ccccc34)ccc3ccccc23)c1. The average Bonchev–Trinajstić information content (AvgIpc) is 2.92. The summed E-state index contributed by atoms with van der Waals surface area (Å²) < 4.78 is 6.33. The number of nitriles is 1. The van der Waals surface area contributed by atoms with Gasteiger partial charge in [0.25, 0.3) is 5.91 Å². The van der Waals surface area contributed by atoms with E-state index in [1.807, 2.05) is 86.6 Å². The minimum atomic E-state index is -0.455. The second-order valence-electron chi connectivity index (χ2n) is 9.07. The van der Waals surface area contributed by atoms with Crippen molar-refractivity contribution in [1.82, 2.24) is 0 Å². The highest BCUT2D eigenvalue weighted by Gasteiger charge is 2.15. The first-order valence-electron chi connectivity index (χ1n) is 12.1. The topological polar surface area (TPSA) is 62.1 Å². The van der Waals surface area contributed by atoms with Crippen molar-refractivity contribution in [3.63, 3.8) is 0 Å². The van der Waals surface area contributed by atoms with Crippen LogP contribution in [0.2, 0.25) is 0 Å². The molecule has 0 aliphatic rings. The molecule has 0 spiro atoms. The van der Waals surface area contributed by atoms with E-state index in [-0.39, 0.29) is 5.57 Å². The van der Waals surface area contributed by atoms with Crippen molar-refractivity contribution in [2.24, 2.45) is 0 Å². The van der Waals surface area contributed by atoms with Gasteiger partial charge in [-0.2, -0.15) is 5.26 Å². The molecule has 0 aromatic heterocycles. The van der Waals surface area contributed by atoms with Gasteiger partial charge in [-0.3, -0.25) is 4.79 Å². The number of amides is 1. The molecule has 5 rings (SSSR count). The molecule has 1 N–H and O–H groups in total. The Kier molecular flexibility index (Phi) is 6.70. The van der Waals surface area contributed by atoms with Crippen molar-refractivity contribution < 1.29 is 9.53 Å². The van der Waals surface area contributed by atoms with E-state index < -0.39 is 5.91 Å². The van der Waals surface area contributed by atoms with Crippen LogP contribution in [0.3, 0.4) is 0 Å². The molecule has 0 fully saturated rings. The van der Waals surface area contributed by atoms with Crippen molar-refractivity contribution in [1.29, 1.82) is 5.26 Å². The normalized spacial score (nSPS) is 11.3. The first-order chi connectivity index (χ1) is 18.0. The number of hydrogen-bond donors (Lipinski definition) is 1. The summed E-state index contributed by atoms with van der Waals surface area (Å²) >= 11 is 0. The van der Waals surface area contributed by atoms with E-state index in [1.54, 1.807) is 6.08 Å². The van der Waals surface area contributed by atoms with Crippen molar-refractivity contribution in [3.05, 3.63) is 125 Å². The first kappa shape index (κ1) is 23.8. The molecule has 0 bridgehead atoms. The summed E-state index contributed by atoms with van der Waals surface area (Å²) in [5, 5.41) is 17.0.